The maximum atomic E-state index is 11.7. The number of hydrogen-bond acceptors (Lipinski definition) is 4. The molecule has 0 fully saturated rings. The first kappa shape index (κ1) is 11.0. The van der Waals surface area contributed by atoms with Crippen LogP contribution in [0.2, 0.25) is 10.0 Å². The highest BCUT2D eigenvalue weighted by atomic mass is 35.5. The van der Waals surface area contributed by atoms with Gasteiger partial charge < -0.3 is 5.11 Å². The zero-order valence-corrected chi connectivity index (χ0v) is 9.16. The molecule has 1 N–H and O–H groups in total. The van der Waals surface area contributed by atoms with Crippen molar-refractivity contribution in [1.29, 1.82) is 0 Å². The summed E-state index contributed by atoms with van der Waals surface area (Å²) in [5.41, 5.74) is 0.244. The molecule has 5 nitrogen and oxygen atoms in total. The number of aliphatic carboxylic acids is 1. The zero-order chi connectivity index (χ0) is 11.9. The fourth-order valence-corrected chi connectivity index (χ4v) is 1.86. The molecule has 1 heterocycles. The van der Waals surface area contributed by atoms with Gasteiger partial charge in [-0.2, -0.15) is 10.2 Å². The summed E-state index contributed by atoms with van der Waals surface area (Å²) < 4.78 is 0. The Labute approximate surface area is 99.7 Å². The number of carboxylic acids is 1. The molecule has 16 heavy (non-hydrogen) atoms. The molecular weight excluding hydrogens is 255 g/mol. The predicted molar refractivity (Wildman–Crippen MR) is 56.7 cm³/mol. The van der Waals surface area contributed by atoms with Crippen LogP contribution in [0, 0.1) is 0 Å². The highest BCUT2D eigenvalue weighted by Crippen LogP contribution is 2.36. The van der Waals surface area contributed by atoms with Crippen molar-refractivity contribution >= 4 is 40.6 Å². The van der Waals surface area contributed by atoms with Crippen LogP contribution in [0.5, 0.6) is 0 Å². The first-order valence-electron chi connectivity index (χ1n) is 4.17. The molecule has 0 saturated carbocycles. The third-order valence-electron chi connectivity index (χ3n) is 2.05. The van der Waals surface area contributed by atoms with Gasteiger partial charge in [0.05, 0.1) is 10.6 Å². The van der Waals surface area contributed by atoms with Gasteiger partial charge in [-0.1, -0.05) is 23.2 Å². The minimum Gasteiger partial charge on any atom is -0.479 e. The number of carboxylic acid groups (broad SMARTS) is 1. The van der Waals surface area contributed by atoms with Crippen molar-refractivity contribution < 1.29 is 14.7 Å². The molecular formula is C9H4Cl2N2O3. The van der Waals surface area contributed by atoms with Gasteiger partial charge >= 0.3 is 5.97 Å². The van der Waals surface area contributed by atoms with Crippen LogP contribution in [0.15, 0.2) is 22.4 Å². The zero-order valence-electron chi connectivity index (χ0n) is 7.65. The molecule has 0 aromatic heterocycles. The summed E-state index contributed by atoms with van der Waals surface area (Å²) in [7, 11) is 0. The minimum atomic E-state index is -1.51. The van der Waals surface area contributed by atoms with Crippen LogP contribution in [0.3, 0.4) is 0 Å². The Morgan fingerprint density at radius 1 is 1.38 bits per heavy atom. The Bertz CT molecular complexity index is 528. The Morgan fingerprint density at radius 3 is 2.69 bits per heavy atom. The number of rotatable bonds is 1. The van der Waals surface area contributed by atoms with Crippen molar-refractivity contribution in [3.05, 3.63) is 27.7 Å². The lowest BCUT2D eigenvalue weighted by Crippen LogP contribution is -2.29. The van der Waals surface area contributed by atoms with Crippen LogP contribution in [0.4, 0.5) is 5.69 Å². The number of benzene rings is 1. The van der Waals surface area contributed by atoms with E-state index in [1.165, 1.54) is 12.1 Å². The third-order valence-corrected chi connectivity index (χ3v) is 2.56. The van der Waals surface area contributed by atoms with Gasteiger partial charge in [-0.3, -0.25) is 4.79 Å². The smallest absolute Gasteiger partial charge is 0.338 e. The molecule has 82 valence electrons. The van der Waals surface area contributed by atoms with Crippen LogP contribution in [0.1, 0.15) is 10.4 Å². The molecule has 1 atom stereocenters. The van der Waals surface area contributed by atoms with Gasteiger partial charge in [0.1, 0.15) is 5.69 Å². The largest absolute Gasteiger partial charge is 0.479 e. The second-order valence-corrected chi connectivity index (χ2v) is 3.95. The molecule has 1 aromatic rings. The number of ketones is 1. The lowest BCUT2D eigenvalue weighted by atomic mass is 10.0. The topological polar surface area (TPSA) is 79.1 Å². The molecule has 7 heteroatoms. The monoisotopic (exact) mass is 258 g/mol. The number of hydrogen-bond donors (Lipinski definition) is 1. The summed E-state index contributed by atoms with van der Waals surface area (Å²) in [6.07, 6.45) is 0. The van der Waals surface area contributed by atoms with Gasteiger partial charge in [0.2, 0.25) is 11.8 Å². The molecule has 0 spiro atoms. The van der Waals surface area contributed by atoms with E-state index in [2.05, 4.69) is 10.2 Å². The average molecular weight is 259 g/mol. The van der Waals surface area contributed by atoms with Crippen molar-refractivity contribution in [1.82, 2.24) is 0 Å². The number of azo groups is 1. The number of carbonyl (C=O) groups is 2. The van der Waals surface area contributed by atoms with Crippen LogP contribution in [-0.2, 0) is 4.79 Å². The maximum absolute atomic E-state index is 11.7. The first-order valence-corrected chi connectivity index (χ1v) is 4.93. The summed E-state index contributed by atoms with van der Waals surface area (Å²) in [5, 5.41) is 16.2. The fourth-order valence-electron chi connectivity index (χ4n) is 1.33. The Kier molecular flexibility index (Phi) is 2.65. The van der Waals surface area contributed by atoms with Crippen LogP contribution >= 0.6 is 23.2 Å². The van der Waals surface area contributed by atoms with Crippen molar-refractivity contribution in [3.8, 4) is 0 Å². The maximum Gasteiger partial charge on any atom is 0.338 e. The van der Waals surface area contributed by atoms with Crippen LogP contribution in [-0.4, -0.2) is 22.9 Å². The van der Waals surface area contributed by atoms with E-state index in [1.807, 2.05) is 0 Å². The number of halogens is 2. The summed E-state index contributed by atoms with van der Waals surface area (Å²) in [5.74, 6) is -2.02. The van der Waals surface area contributed by atoms with Crippen molar-refractivity contribution in [2.24, 2.45) is 10.2 Å². The van der Waals surface area contributed by atoms with Gasteiger partial charge in [-0.15, -0.1) is 0 Å². The Hall–Kier alpha value is -1.46. The fraction of sp³-hybridized carbons (Fsp3) is 0.111. The van der Waals surface area contributed by atoms with E-state index in [4.69, 9.17) is 28.3 Å². The van der Waals surface area contributed by atoms with E-state index in [-0.39, 0.29) is 21.3 Å². The van der Waals surface area contributed by atoms with E-state index in [1.54, 1.807) is 0 Å². The van der Waals surface area contributed by atoms with E-state index >= 15 is 0 Å². The standard InChI is InChI=1S/C9H4Cl2N2O3/c10-3-1-4-6(5(11)2-3)12-13-7(8(4)14)9(15)16/h1-2,7H,(H,15,16). The van der Waals surface area contributed by atoms with Crippen LogP contribution < -0.4 is 0 Å². The molecule has 1 aliphatic heterocycles. The van der Waals surface area contributed by atoms with Gasteiger partial charge in [-0.05, 0) is 12.1 Å². The highest BCUT2D eigenvalue weighted by Gasteiger charge is 2.33. The van der Waals surface area contributed by atoms with Gasteiger partial charge in [0.25, 0.3) is 0 Å². The minimum absolute atomic E-state index is 0.0832. The predicted octanol–water partition coefficient (Wildman–Crippen LogP) is 2.73. The quantitative estimate of drug-likeness (QED) is 0.787. The normalized spacial score (nSPS) is 18.4. The summed E-state index contributed by atoms with van der Waals surface area (Å²) in [4.78, 5) is 22.4. The molecule has 0 radical (unpaired) electrons. The van der Waals surface area contributed by atoms with E-state index < -0.39 is 17.8 Å². The summed E-state index contributed by atoms with van der Waals surface area (Å²) in [6.45, 7) is 0. The molecule has 0 amide bonds. The number of nitrogens with zero attached hydrogens (tertiary/aromatic N) is 2. The number of fused-ring (bicyclic) bond motifs is 1. The second-order valence-electron chi connectivity index (χ2n) is 3.10. The molecule has 0 saturated heterocycles. The molecule has 0 aliphatic carbocycles. The van der Waals surface area contributed by atoms with E-state index in [9.17, 15) is 9.59 Å². The lowest BCUT2D eigenvalue weighted by Gasteiger charge is -2.14. The first-order chi connectivity index (χ1) is 7.50. The molecule has 1 unspecified atom stereocenters. The van der Waals surface area contributed by atoms with Crippen molar-refractivity contribution in [2.75, 3.05) is 0 Å². The highest BCUT2D eigenvalue weighted by molar-refractivity contribution is 6.37. The van der Waals surface area contributed by atoms with E-state index in [0.717, 1.165) is 0 Å². The van der Waals surface area contributed by atoms with Gasteiger partial charge in [-0.25, -0.2) is 4.79 Å². The van der Waals surface area contributed by atoms with Crippen molar-refractivity contribution in [3.63, 3.8) is 0 Å². The lowest BCUT2D eigenvalue weighted by molar-refractivity contribution is -0.137. The Balaban J connectivity index is 2.60. The Morgan fingerprint density at radius 2 is 2.06 bits per heavy atom. The third kappa shape index (κ3) is 1.68. The average Bonchev–Trinajstić information content (AvgIpc) is 2.19. The second kappa shape index (κ2) is 3.84. The molecule has 1 aromatic carbocycles. The summed E-state index contributed by atoms with van der Waals surface area (Å²) in [6, 6.07) is 1.23. The van der Waals surface area contributed by atoms with Gasteiger partial charge in [0, 0.05) is 5.02 Å². The van der Waals surface area contributed by atoms with Crippen molar-refractivity contribution in [2.45, 2.75) is 6.04 Å². The SMILES string of the molecule is O=C(O)C1N=Nc2c(Cl)cc(Cl)cc2C1=O. The van der Waals surface area contributed by atoms with Crippen LogP contribution in [0.25, 0.3) is 0 Å². The molecule has 2 rings (SSSR count). The summed E-state index contributed by atoms with van der Waals surface area (Å²) >= 11 is 11.5. The van der Waals surface area contributed by atoms with E-state index in [0.29, 0.717) is 0 Å². The van der Waals surface area contributed by atoms with Gasteiger partial charge in [0.15, 0.2) is 0 Å². The molecule has 1 aliphatic rings. The number of Topliss-reactive ketones (excluding diaryl/α,β-unsaturated/α-hetero) is 1. The number of carbonyl (C=O) groups excluding carboxylic acids is 1. The molecule has 0 bridgehead atoms.